The fraction of sp³-hybridized carbons (Fsp3) is 0.800. The molecule has 1 aliphatic rings. The van der Waals surface area contributed by atoms with Crippen LogP contribution >= 0.6 is 11.6 Å². The summed E-state index contributed by atoms with van der Waals surface area (Å²) in [5.74, 6) is -0.591. The lowest BCUT2D eigenvalue weighted by molar-refractivity contribution is -0.150. The van der Waals surface area contributed by atoms with Crippen molar-refractivity contribution in [3.05, 3.63) is 0 Å². The van der Waals surface area contributed by atoms with Crippen LogP contribution in [0.5, 0.6) is 0 Å². The largest absolute Gasteiger partial charge is 0.481 e. The van der Waals surface area contributed by atoms with Crippen LogP contribution < -0.4 is 5.32 Å². The molecule has 0 bridgehead atoms. The van der Waals surface area contributed by atoms with Crippen LogP contribution in [-0.2, 0) is 4.79 Å². The lowest BCUT2D eigenvalue weighted by Gasteiger charge is -2.36. The number of alkyl halides is 1. The first-order valence-corrected chi connectivity index (χ1v) is 3.25. The van der Waals surface area contributed by atoms with Crippen LogP contribution in [0.25, 0.3) is 0 Å². The fourth-order valence-electron chi connectivity index (χ4n) is 0.730. The van der Waals surface area contributed by atoms with E-state index in [0.29, 0.717) is 13.1 Å². The molecule has 2 N–H and O–H groups in total. The molecule has 0 spiro atoms. The summed E-state index contributed by atoms with van der Waals surface area (Å²) in [6.07, 6.45) is 0. The fourth-order valence-corrected chi connectivity index (χ4v) is 1.03. The van der Waals surface area contributed by atoms with Crippen LogP contribution in [-0.4, -0.2) is 30.0 Å². The van der Waals surface area contributed by atoms with Gasteiger partial charge in [0.15, 0.2) is 0 Å². The van der Waals surface area contributed by atoms with E-state index in [1.54, 1.807) is 0 Å². The highest BCUT2D eigenvalue weighted by Gasteiger charge is 2.43. The van der Waals surface area contributed by atoms with Gasteiger partial charge in [0.2, 0.25) is 0 Å². The second-order valence-electron chi connectivity index (χ2n) is 2.32. The summed E-state index contributed by atoms with van der Waals surface area (Å²) in [6, 6.07) is 0. The van der Waals surface area contributed by atoms with Crippen LogP contribution in [0, 0.1) is 5.41 Å². The third kappa shape index (κ3) is 0.904. The Kier molecular flexibility index (Phi) is 1.64. The minimum Gasteiger partial charge on any atom is -0.481 e. The smallest absolute Gasteiger partial charge is 0.313 e. The van der Waals surface area contributed by atoms with Crippen molar-refractivity contribution in [1.82, 2.24) is 5.32 Å². The predicted molar refractivity (Wildman–Crippen MR) is 33.7 cm³/mol. The maximum absolute atomic E-state index is 10.4. The van der Waals surface area contributed by atoms with Gasteiger partial charge in [-0.05, 0) is 0 Å². The van der Waals surface area contributed by atoms with Gasteiger partial charge >= 0.3 is 5.97 Å². The number of halogens is 1. The zero-order valence-electron chi connectivity index (χ0n) is 4.85. The van der Waals surface area contributed by atoms with Gasteiger partial charge in [-0.15, -0.1) is 11.6 Å². The van der Waals surface area contributed by atoms with Crippen molar-refractivity contribution in [3.63, 3.8) is 0 Å². The molecule has 52 valence electrons. The molecule has 1 rings (SSSR count). The first-order valence-electron chi connectivity index (χ1n) is 2.71. The molecule has 1 aliphatic heterocycles. The third-order valence-corrected chi connectivity index (χ3v) is 2.15. The first kappa shape index (κ1) is 6.83. The molecule has 0 aliphatic carbocycles. The topological polar surface area (TPSA) is 49.3 Å². The second-order valence-corrected chi connectivity index (χ2v) is 2.59. The molecule has 0 aromatic heterocycles. The Labute approximate surface area is 58.0 Å². The Bertz CT molecular complexity index is 127. The number of carboxylic acid groups (broad SMARTS) is 1. The van der Waals surface area contributed by atoms with E-state index in [1.165, 1.54) is 0 Å². The highest BCUT2D eigenvalue weighted by Crippen LogP contribution is 2.23. The highest BCUT2D eigenvalue weighted by atomic mass is 35.5. The molecule has 0 amide bonds. The Morgan fingerprint density at radius 3 is 2.33 bits per heavy atom. The molecule has 0 saturated carbocycles. The normalized spacial score (nSPS) is 22.8. The molecule has 0 atom stereocenters. The van der Waals surface area contributed by atoms with E-state index in [0.717, 1.165) is 0 Å². The van der Waals surface area contributed by atoms with Gasteiger partial charge in [-0.1, -0.05) is 0 Å². The van der Waals surface area contributed by atoms with Crippen LogP contribution in [0.2, 0.25) is 0 Å². The van der Waals surface area contributed by atoms with Crippen molar-refractivity contribution in [2.75, 3.05) is 19.0 Å². The maximum atomic E-state index is 10.4. The summed E-state index contributed by atoms with van der Waals surface area (Å²) in [6.45, 7) is 1.01. The number of hydrogen-bond acceptors (Lipinski definition) is 2. The van der Waals surface area contributed by atoms with Crippen molar-refractivity contribution >= 4 is 17.6 Å². The van der Waals surface area contributed by atoms with Gasteiger partial charge < -0.3 is 10.4 Å². The minimum absolute atomic E-state index is 0.204. The zero-order valence-corrected chi connectivity index (χ0v) is 5.61. The lowest BCUT2D eigenvalue weighted by Crippen LogP contribution is -2.59. The van der Waals surface area contributed by atoms with E-state index in [4.69, 9.17) is 16.7 Å². The number of rotatable bonds is 2. The Morgan fingerprint density at radius 1 is 1.78 bits per heavy atom. The molecule has 0 radical (unpaired) electrons. The maximum Gasteiger partial charge on any atom is 0.313 e. The minimum atomic E-state index is -0.795. The van der Waals surface area contributed by atoms with Crippen molar-refractivity contribution in [2.24, 2.45) is 5.41 Å². The summed E-state index contributed by atoms with van der Waals surface area (Å²) < 4.78 is 0. The molecule has 1 saturated heterocycles. The van der Waals surface area contributed by atoms with E-state index in [-0.39, 0.29) is 5.88 Å². The number of nitrogens with one attached hydrogen (secondary N) is 1. The number of carboxylic acids is 1. The molecular formula is C5H8ClNO2. The molecule has 3 nitrogen and oxygen atoms in total. The van der Waals surface area contributed by atoms with E-state index < -0.39 is 11.4 Å². The average Bonchev–Trinajstić information content (AvgIpc) is 1.62. The van der Waals surface area contributed by atoms with Crippen LogP contribution in [0.1, 0.15) is 0 Å². The van der Waals surface area contributed by atoms with Crippen molar-refractivity contribution in [3.8, 4) is 0 Å². The Morgan fingerprint density at radius 2 is 2.33 bits per heavy atom. The van der Waals surface area contributed by atoms with Gasteiger partial charge in [-0.25, -0.2) is 0 Å². The van der Waals surface area contributed by atoms with Crippen molar-refractivity contribution in [1.29, 1.82) is 0 Å². The molecule has 0 aromatic carbocycles. The van der Waals surface area contributed by atoms with Gasteiger partial charge in [-0.3, -0.25) is 4.79 Å². The Balaban J connectivity index is 2.57. The summed E-state index contributed by atoms with van der Waals surface area (Å²) >= 11 is 5.43. The molecule has 1 fully saturated rings. The third-order valence-electron chi connectivity index (χ3n) is 1.64. The predicted octanol–water partition coefficient (Wildman–Crippen LogP) is -0.101. The van der Waals surface area contributed by atoms with Gasteiger partial charge in [0, 0.05) is 19.0 Å². The van der Waals surface area contributed by atoms with Crippen LogP contribution in [0.3, 0.4) is 0 Å². The quantitative estimate of drug-likeness (QED) is 0.539. The number of hydrogen-bond donors (Lipinski definition) is 2. The molecule has 4 heteroatoms. The number of carbonyl (C=O) groups is 1. The lowest BCUT2D eigenvalue weighted by atomic mass is 9.84. The monoisotopic (exact) mass is 149 g/mol. The molecule has 0 unspecified atom stereocenters. The first-order chi connectivity index (χ1) is 4.21. The molecule has 9 heavy (non-hydrogen) atoms. The van der Waals surface area contributed by atoms with Crippen LogP contribution in [0.15, 0.2) is 0 Å². The van der Waals surface area contributed by atoms with Gasteiger partial charge in [0.1, 0.15) is 5.41 Å². The van der Waals surface area contributed by atoms with E-state index >= 15 is 0 Å². The summed E-state index contributed by atoms with van der Waals surface area (Å²) in [5.41, 5.74) is -0.665. The summed E-state index contributed by atoms with van der Waals surface area (Å²) in [7, 11) is 0. The van der Waals surface area contributed by atoms with Crippen molar-refractivity contribution < 1.29 is 9.90 Å². The standard InChI is InChI=1S/C5H8ClNO2/c6-1-5(4(8)9)2-7-3-5/h7H,1-3H2,(H,8,9). The van der Waals surface area contributed by atoms with E-state index in [1.807, 2.05) is 0 Å². The van der Waals surface area contributed by atoms with Gasteiger partial charge in [-0.2, -0.15) is 0 Å². The summed E-state index contributed by atoms with van der Waals surface area (Å²) in [5, 5.41) is 11.4. The second kappa shape index (κ2) is 2.15. The zero-order chi connectivity index (χ0) is 6.91. The van der Waals surface area contributed by atoms with Gasteiger partial charge in [0.25, 0.3) is 0 Å². The Hall–Kier alpha value is -0.280. The highest BCUT2D eigenvalue weighted by molar-refractivity contribution is 6.19. The molecule has 0 aromatic rings. The summed E-state index contributed by atoms with van der Waals surface area (Å²) in [4.78, 5) is 10.4. The van der Waals surface area contributed by atoms with E-state index in [2.05, 4.69) is 5.32 Å². The number of aliphatic carboxylic acids is 1. The van der Waals surface area contributed by atoms with Crippen LogP contribution in [0.4, 0.5) is 0 Å². The van der Waals surface area contributed by atoms with E-state index in [9.17, 15) is 4.79 Å². The molecule has 1 heterocycles. The van der Waals surface area contributed by atoms with Gasteiger partial charge in [0.05, 0.1) is 0 Å². The molecular weight excluding hydrogens is 142 g/mol. The SMILES string of the molecule is O=C(O)C1(CCl)CNC1. The van der Waals surface area contributed by atoms with Crippen molar-refractivity contribution in [2.45, 2.75) is 0 Å². The average molecular weight is 150 g/mol.